The minimum absolute atomic E-state index is 0.0505. The fourth-order valence-corrected chi connectivity index (χ4v) is 3.23. The van der Waals surface area contributed by atoms with E-state index >= 15 is 0 Å². The summed E-state index contributed by atoms with van der Waals surface area (Å²) in [7, 11) is 0. The number of hydrogen-bond acceptors (Lipinski definition) is 3. The maximum Gasteiger partial charge on any atom is 0.338 e. The standard InChI is InChI=1S/C22H22ClNO3/c1-4-16-11-19-12-18(22(26)27-14(2)3)9-10-24(19)20(16)21(25)17-7-5-15(13-23)6-8-17/h5-12,14H,4,13H2,1-3H3. The third-order valence-electron chi connectivity index (χ3n) is 4.40. The Labute approximate surface area is 163 Å². The summed E-state index contributed by atoms with van der Waals surface area (Å²) in [6.07, 6.45) is 2.29. The molecule has 0 amide bonds. The maximum absolute atomic E-state index is 13.1. The average molecular weight is 384 g/mol. The molecule has 5 heteroatoms. The third-order valence-corrected chi connectivity index (χ3v) is 4.71. The molecule has 0 saturated carbocycles. The van der Waals surface area contributed by atoms with Gasteiger partial charge in [0.15, 0.2) is 0 Å². The lowest BCUT2D eigenvalue weighted by Crippen LogP contribution is -2.12. The predicted octanol–water partition coefficient (Wildman–Crippen LogP) is 5.04. The Morgan fingerprint density at radius 2 is 1.78 bits per heavy atom. The number of ether oxygens (including phenoxy) is 1. The topological polar surface area (TPSA) is 47.8 Å². The molecule has 0 aliphatic heterocycles. The van der Waals surface area contributed by atoms with Crippen molar-refractivity contribution >= 4 is 28.9 Å². The molecule has 0 atom stereocenters. The van der Waals surface area contributed by atoms with Gasteiger partial charge < -0.3 is 9.14 Å². The number of carbonyl (C=O) groups is 2. The van der Waals surface area contributed by atoms with Crippen molar-refractivity contribution in [3.8, 4) is 0 Å². The van der Waals surface area contributed by atoms with E-state index in [1.807, 2.05) is 43.4 Å². The number of halogens is 1. The van der Waals surface area contributed by atoms with E-state index in [9.17, 15) is 9.59 Å². The highest BCUT2D eigenvalue weighted by atomic mass is 35.5. The number of esters is 1. The van der Waals surface area contributed by atoms with Crippen LogP contribution in [0.2, 0.25) is 0 Å². The van der Waals surface area contributed by atoms with Gasteiger partial charge in [0.05, 0.1) is 17.4 Å². The van der Waals surface area contributed by atoms with E-state index in [2.05, 4.69) is 0 Å². The molecule has 0 bridgehead atoms. The van der Waals surface area contributed by atoms with Crippen molar-refractivity contribution in [1.29, 1.82) is 0 Å². The van der Waals surface area contributed by atoms with Crippen LogP contribution in [-0.2, 0) is 17.0 Å². The second-order valence-electron chi connectivity index (χ2n) is 6.70. The number of ketones is 1. The van der Waals surface area contributed by atoms with Crippen LogP contribution in [-0.4, -0.2) is 22.3 Å². The Morgan fingerprint density at radius 3 is 2.37 bits per heavy atom. The van der Waals surface area contributed by atoms with E-state index in [0.29, 0.717) is 29.1 Å². The van der Waals surface area contributed by atoms with Gasteiger partial charge in [0.1, 0.15) is 0 Å². The van der Waals surface area contributed by atoms with Crippen LogP contribution in [0.5, 0.6) is 0 Å². The van der Waals surface area contributed by atoms with Gasteiger partial charge >= 0.3 is 5.97 Å². The molecule has 2 heterocycles. The molecule has 4 nitrogen and oxygen atoms in total. The molecule has 0 fully saturated rings. The summed E-state index contributed by atoms with van der Waals surface area (Å²) in [5, 5.41) is 0. The van der Waals surface area contributed by atoms with Crippen LogP contribution >= 0.6 is 11.6 Å². The minimum atomic E-state index is -0.365. The number of carbonyl (C=O) groups excluding carboxylic acids is 2. The van der Waals surface area contributed by atoms with Crippen molar-refractivity contribution in [2.24, 2.45) is 0 Å². The second kappa shape index (κ2) is 7.97. The first-order chi connectivity index (χ1) is 12.9. The van der Waals surface area contributed by atoms with Crippen molar-refractivity contribution in [2.45, 2.75) is 39.2 Å². The molecule has 0 N–H and O–H groups in total. The fourth-order valence-electron chi connectivity index (χ4n) is 3.05. The van der Waals surface area contributed by atoms with E-state index in [-0.39, 0.29) is 17.9 Å². The van der Waals surface area contributed by atoms with Gasteiger partial charge in [0.25, 0.3) is 0 Å². The zero-order valence-corrected chi connectivity index (χ0v) is 16.4. The van der Waals surface area contributed by atoms with Gasteiger partial charge in [-0.1, -0.05) is 31.2 Å². The summed E-state index contributed by atoms with van der Waals surface area (Å²) in [6.45, 7) is 5.64. The van der Waals surface area contributed by atoms with E-state index < -0.39 is 0 Å². The summed E-state index contributed by atoms with van der Waals surface area (Å²) in [5.74, 6) is -0.000356. The number of fused-ring (bicyclic) bond motifs is 1. The average Bonchev–Trinajstić information content (AvgIpc) is 3.04. The van der Waals surface area contributed by atoms with Crippen molar-refractivity contribution in [3.63, 3.8) is 0 Å². The molecule has 0 radical (unpaired) electrons. The molecule has 0 aliphatic carbocycles. The number of alkyl halides is 1. The largest absolute Gasteiger partial charge is 0.459 e. The predicted molar refractivity (Wildman–Crippen MR) is 107 cm³/mol. The van der Waals surface area contributed by atoms with Gasteiger partial charge in [-0.15, -0.1) is 11.6 Å². The smallest absolute Gasteiger partial charge is 0.338 e. The van der Waals surface area contributed by atoms with Crippen LogP contribution in [0.3, 0.4) is 0 Å². The lowest BCUT2D eigenvalue weighted by Gasteiger charge is -2.09. The molecule has 0 saturated heterocycles. The molecule has 3 rings (SSSR count). The summed E-state index contributed by atoms with van der Waals surface area (Å²) in [5.41, 5.74) is 4.41. The van der Waals surface area contributed by atoms with Crippen LogP contribution in [0, 0.1) is 0 Å². The lowest BCUT2D eigenvalue weighted by atomic mass is 10.0. The Kier molecular flexibility index (Phi) is 5.66. The summed E-state index contributed by atoms with van der Waals surface area (Å²) < 4.78 is 7.10. The number of pyridine rings is 1. The molecular weight excluding hydrogens is 362 g/mol. The molecule has 1 aromatic carbocycles. The zero-order chi connectivity index (χ0) is 19.6. The first-order valence-electron chi connectivity index (χ1n) is 8.99. The van der Waals surface area contributed by atoms with Gasteiger partial charge in [0.2, 0.25) is 5.78 Å². The van der Waals surface area contributed by atoms with Crippen LogP contribution in [0.15, 0.2) is 48.7 Å². The quantitative estimate of drug-likeness (QED) is 0.340. The highest BCUT2D eigenvalue weighted by molar-refractivity contribution is 6.17. The number of rotatable bonds is 6. The highest BCUT2D eigenvalue weighted by Crippen LogP contribution is 2.23. The summed E-state index contributed by atoms with van der Waals surface area (Å²) >= 11 is 5.83. The number of aromatic nitrogens is 1. The second-order valence-corrected chi connectivity index (χ2v) is 6.96. The van der Waals surface area contributed by atoms with Crippen molar-refractivity contribution in [2.75, 3.05) is 0 Å². The van der Waals surface area contributed by atoms with Crippen molar-refractivity contribution in [3.05, 3.63) is 76.6 Å². The van der Waals surface area contributed by atoms with E-state index in [1.165, 1.54) is 0 Å². The molecule has 3 aromatic rings. The number of benzene rings is 1. The first kappa shape index (κ1) is 19.2. The Bertz CT molecular complexity index is 987. The van der Waals surface area contributed by atoms with Crippen LogP contribution in [0.1, 0.15) is 58.3 Å². The third kappa shape index (κ3) is 3.91. The summed E-state index contributed by atoms with van der Waals surface area (Å²) in [4.78, 5) is 25.3. The van der Waals surface area contributed by atoms with Gasteiger partial charge in [-0.3, -0.25) is 4.79 Å². The van der Waals surface area contributed by atoms with Gasteiger partial charge in [0, 0.05) is 23.2 Å². The molecular formula is C22H22ClNO3. The fraction of sp³-hybridized carbons (Fsp3) is 0.273. The van der Waals surface area contributed by atoms with E-state index in [4.69, 9.17) is 16.3 Å². The molecule has 0 unspecified atom stereocenters. The van der Waals surface area contributed by atoms with Crippen LogP contribution < -0.4 is 0 Å². The highest BCUT2D eigenvalue weighted by Gasteiger charge is 2.19. The number of aryl methyl sites for hydroxylation is 1. The molecule has 0 spiro atoms. The molecule has 2 aromatic heterocycles. The van der Waals surface area contributed by atoms with E-state index in [0.717, 1.165) is 16.6 Å². The van der Waals surface area contributed by atoms with Gasteiger partial charge in [-0.2, -0.15) is 0 Å². The molecule has 0 aliphatic rings. The Morgan fingerprint density at radius 1 is 1.07 bits per heavy atom. The summed E-state index contributed by atoms with van der Waals surface area (Å²) in [6, 6.07) is 12.7. The Balaban J connectivity index is 2.03. The SMILES string of the molecule is CCc1cc2cc(C(=O)OC(C)C)ccn2c1C(=O)c1ccc(CCl)cc1. The maximum atomic E-state index is 13.1. The van der Waals surface area contributed by atoms with Crippen LogP contribution in [0.4, 0.5) is 0 Å². The number of nitrogens with zero attached hydrogens (tertiary/aromatic N) is 1. The van der Waals surface area contributed by atoms with E-state index in [1.54, 1.807) is 30.5 Å². The van der Waals surface area contributed by atoms with Crippen LogP contribution in [0.25, 0.3) is 5.52 Å². The van der Waals surface area contributed by atoms with Gasteiger partial charge in [-0.25, -0.2) is 4.79 Å². The normalized spacial score (nSPS) is 11.1. The van der Waals surface area contributed by atoms with Crippen molar-refractivity contribution in [1.82, 2.24) is 4.40 Å². The zero-order valence-electron chi connectivity index (χ0n) is 15.7. The monoisotopic (exact) mass is 383 g/mol. The van der Waals surface area contributed by atoms with Gasteiger partial charge in [-0.05, 0) is 49.6 Å². The first-order valence-corrected chi connectivity index (χ1v) is 9.52. The number of hydrogen-bond donors (Lipinski definition) is 0. The minimum Gasteiger partial charge on any atom is -0.459 e. The lowest BCUT2D eigenvalue weighted by molar-refractivity contribution is 0.0378. The molecule has 27 heavy (non-hydrogen) atoms. The van der Waals surface area contributed by atoms with Crippen molar-refractivity contribution < 1.29 is 14.3 Å². The molecule has 140 valence electrons. The Hall–Kier alpha value is -2.59.